The second-order valence-corrected chi connectivity index (χ2v) is 15.4. The molecule has 0 bridgehead atoms. The van der Waals surface area contributed by atoms with Crippen LogP contribution in [0.5, 0.6) is 0 Å². The van der Waals surface area contributed by atoms with Gasteiger partial charge in [0, 0.05) is 38.4 Å². The Morgan fingerprint density at radius 1 is 0.393 bits per heavy atom. The number of aromatic nitrogens is 2. The zero-order valence-electron chi connectivity index (χ0n) is 31.1. The summed E-state index contributed by atoms with van der Waals surface area (Å²) in [4.78, 5) is 10.6. The van der Waals surface area contributed by atoms with E-state index < -0.39 is 0 Å². The summed E-state index contributed by atoms with van der Waals surface area (Å²) in [6.07, 6.45) is 0. The molecule has 0 aliphatic heterocycles. The molecule has 3 nitrogen and oxygen atoms in total. The summed E-state index contributed by atoms with van der Waals surface area (Å²) in [5.74, 6) is 0.693. The fourth-order valence-corrected chi connectivity index (χ4v) is 8.74. The van der Waals surface area contributed by atoms with Gasteiger partial charge in [0.15, 0.2) is 5.82 Å². The summed E-state index contributed by atoms with van der Waals surface area (Å²) in [5, 5.41) is 4.76. The zero-order valence-corrected chi connectivity index (χ0v) is 31.1. The summed E-state index contributed by atoms with van der Waals surface area (Å²) in [6, 6.07) is 64.8. The average Bonchev–Trinajstić information content (AvgIpc) is 3.74. The normalized spacial score (nSPS) is 13.0. The molecular weight excluding hydrogens is 681 g/mol. The Morgan fingerprint density at radius 2 is 1.02 bits per heavy atom. The molecule has 0 fully saturated rings. The molecule has 0 spiro atoms. The predicted molar refractivity (Wildman–Crippen MR) is 232 cm³/mol. The van der Waals surface area contributed by atoms with E-state index >= 15 is 0 Å². The first-order chi connectivity index (χ1) is 27.5. The number of fused-ring (bicyclic) bond motifs is 7. The number of rotatable bonds is 5. The lowest BCUT2D eigenvalue weighted by Gasteiger charge is -2.22. The number of para-hydroxylation sites is 2. The minimum Gasteiger partial charge on any atom is -0.455 e. The number of hydrogen-bond donors (Lipinski definition) is 0. The minimum atomic E-state index is -0.167. The van der Waals surface area contributed by atoms with Crippen LogP contribution in [0.3, 0.4) is 0 Å². The highest BCUT2D eigenvalue weighted by atomic mass is 16.3. The van der Waals surface area contributed by atoms with Gasteiger partial charge in [-0.15, -0.1) is 0 Å². The third kappa shape index (κ3) is 5.20. The lowest BCUT2D eigenvalue weighted by Crippen LogP contribution is -2.15. The summed E-state index contributed by atoms with van der Waals surface area (Å²) in [5.41, 5.74) is 16.0. The van der Waals surface area contributed by atoms with Gasteiger partial charge in [0.25, 0.3) is 0 Å². The van der Waals surface area contributed by atoms with Gasteiger partial charge in [0.1, 0.15) is 11.2 Å². The Morgan fingerprint density at radius 3 is 1.82 bits per heavy atom. The fraction of sp³-hybridized carbons (Fsp3) is 0.0566. The van der Waals surface area contributed by atoms with Gasteiger partial charge in [0.2, 0.25) is 0 Å². The first-order valence-corrected chi connectivity index (χ1v) is 19.2. The van der Waals surface area contributed by atoms with Crippen LogP contribution in [-0.2, 0) is 5.41 Å². The quantitative estimate of drug-likeness (QED) is 0.178. The van der Waals surface area contributed by atoms with E-state index in [1.165, 1.54) is 33.0 Å². The Balaban J connectivity index is 1.11. The molecule has 1 aliphatic rings. The van der Waals surface area contributed by atoms with E-state index in [1.807, 2.05) is 30.3 Å². The van der Waals surface area contributed by atoms with Crippen molar-refractivity contribution >= 4 is 32.7 Å². The predicted octanol–water partition coefficient (Wildman–Crippen LogP) is 14.2. The van der Waals surface area contributed by atoms with Gasteiger partial charge in [0.05, 0.1) is 11.4 Å². The molecule has 0 saturated carbocycles. The lowest BCUT2D eigenvalue weighted by molar-refractivity contribution is 0.661. The molecule has 2 aromatic heterocycles. The average molecular weight is 717 g/mol. The molecule has 0 amide bonds. The highest BCUT2D eigenvalue weighted by molar-refractivity contribution is 6.10. The summed E-state index contributed by atoms with van der Waals surface area (Å²) < 4.78 is 6.56. The maximum Gasteiger partial charge on any atom is 0.160 e. The van der Waals surface area contributed by atoms with Crippen molar-refractivity contribution in [3.63, 3.8) is 0 Å². The van der Waals surface area contributed by atoms with E-state index in [2.05, 4.69) is 166 Å². The van der Waals surface area contributed by atoms with Crippen LogP contribution in [0.4, 0.5) is 0 Å². The third-order valence-electron chi connectivity index (χ3n) is 11.6. The summed E-state index contributed by atoms with van der Waals surface area (Å²) in [7, 11) is 0. The molecule has 56 heavy (non-hydrogen) atoms. The van der Waals surface area contributed by atoms with Crippen LogP contribution in [0.25, 0.3) is 100.0 Å². The van der Waals surface area contributed by atoms with Gasteiger partial charge in [-0.1, -0.05) is 147 Å². The van der Waals surface area contributed by atoms with Crippen LogP contribution in [0.1, 0.15) is 25.0 Å². The van der Waals surface area contributed by atoms with Crippen LogP contribution < -0.4 is 0 Å². The standard InChI is InChI=1S/C53H36N2O/c1-53(2)46-31-37(24-25-42(46)45-29-35-18-9-10-19-36(35)30-47(45)53)48-32-49(55-52(54-48)34-16-7-4-8-17-34)40-27-38(33-14-5-3-6-15-33)26-39(28-40)41-21-13-22-44-43-20-11-12-23-50(43)56-51(41)44/h3-32H,1-2H3. The molecule has 3 heteroatoms. The van der Waals surface area contributed by atoms with Crippen LogP contribution in [-0.4, -0.2) is 9.97 Å². The molecule has 264 valence electrons. The number of hydrogen-bond acceptors (Lipinski definition) is 3. The van der Waals surface area contributed by atoms with E-state index in [4.69, 9.17) is 14.4 Å². The van der Waals surface area contributed by atoms with Crippen molar-refractivity contribution in [2.75, 3.05) is 0 Å². The van der Waals surface area contributed by atoms with E-state index in [9.17, 15) is 0 Å². The van der Waals surface area contributed by atoms with Crippen molar-refractivity contribution in [2.24, 2.45) is 0 Å². The number of furan rings is 1. The van der Waals surface area contributed by atoms with E-state index in [0.29, 0.717) is 5.82 Å². The van der Waals surface area contributed by atoms with Crippen LogP contribution >= 0.6 is 0 Å². The maximum atomic E-state index is 6.56. The van der Waals surface area contributed by atoms with Crippen molar-refractivity contribution in [1.29, 1.82) is 0 Å². The third-order valence-corrected chi connectivity index (χ3v) is 11.6. The minimum absolute atomic E-state index is 0.167. The van der Waals surface area contributed by atoms with Gasteiger partial charge in [-0.05, 0) is 98.2 Å². The second kappa shape index (κ2) is 12.5. The van der Waals surface area contributed by atoms with Crippen molar-refractivity contribution in [3.8, 4) is 67.3 Å². The van der Waals surface area contributed by atoms with Gasteiger partial charge < -0.3 is 4.42 Å². The summed E-state index contributed by atoms with van der Waals surface area (Å²) in [6.45, 7) is 4.69. The molecule has 0 saturated heterocycles. The molecular formula is C53H36N2O. The maximum absolute atomic E-state index is 6.56. The SMILES string of the molecule is CC1(C)c2cc(-c3cc(-c4cc(-c5ccccc5)cc(-c5cccc6c5oc5ccccc56)c4)nc(-c4ccccc4)n3)ccc2-c2cc3ccccc3cc21. The zero-order chi connectivity index (χ0) is 37.4. The molecule has 11 rings (SSSR count). The molecule has 8 aromatic carbocycles. The first kappa shape index (κ1) is 32.3. The van der Waals surface area contributed by atoms with Crippen molar-refractivity contribution in [1.82, 2.24) is 9.97 Å². The lowest BCUT2D eigenvalue weighted by atomic mass is 9.81. The highest BCUT2D eigenvalue weighted by Crippen LogP contribution is 2.51. The van der Waals surface area contributed by atoms with E-state index in [-0.39, 0.29) is 5.41 Å². The van der Waals surface area contributed by atoms with Crippen LogP contribution in [0, 0.1) is 0 Å². The smallest absolute Gasteiger partial charge is 0.160 e. The largest absolute Gasteiger partial charge is 0.455 e. The van der Waals surface area contributed by atoms with E-state index in [1.54, 1.807) is 0 Å². The Bertz CT molecular complexity index is 3160. The van der Waals surface area contributed by atoms with Crippen molar-refractivity contribution in [3.05, 3.63) is 193 Å². The Kier molecular flexibility index (Phi) is 7.20. The molecule has 0 radical (unpaired) electrons. The van der Waals surface area contributed by atoms with Crippen molar-refractivity contribution < 1.29 is 4.42 Å². The summed E-state index contributed by atoms with van der Waals surface area (Å²) >= 11 is 0. The van der Waals surface area contributed by atoms with Gasteiger partial charge in [-0.25, -0.2) is 9.97 Å². The number of benzene rings is 8. The first-order valence-electron chi connectivity index (χ1n) is 19.2. The van der Waals surface area contributed by atoms with Gasteiger partial charge in [-0.2, -0.15) is 0 Å². The highest BCUT2D eigenvalue weighted by Gasteiger charge is 2.36. The molecule has 2 heterocycles. The molecule has 1 aliphatic carbocycles. The van der Waals surface area contributed by atoms with Gasteiger partial charge >= 0.3 is 0 Å². The number of nitrogens with zero attached hydrogens (tertiary/aromatic N) is 2. The molecule has 10 aromatic rings. The molecule has 0 N–H and O–H groups in total. The van der Waals surface area contributed by atoms with Crippen LogP contribution in [0.2, 0.25) is 0 Å². The topological polar surface area (TPSA) is 38.9 Å². The molecule has 0 unspecified atom stereocenters. The van der Waals surface area contributed by atoms with E-state index in [0.717, 1.165) is 72.3 Å². The Labute approximate surface area is 325 Å². The molecule has 0 atom stereocenters. The fourth-order valence-electron chi connectivity index (χ4n) is 8.74. The monoisotopic (exact) mass is 716 g/mol. The Hall–Kier alpha value is -7.10. The van der Waals surface area contributed by atoms with Crippen molar-refractivity contribution in [2.45, 2.75) is 19.3 Å². The second-order valence-electron chi connectivity index (χ2n) is 15.4. The van der Waals surface area contributed by atoms with Gasteiger partial charge in [-0.3, -0.25) is 0 Å². The van der Waals surface area contributed by atoms with Crippen LogP contribution in [0.15, 0.2) is 186 Å².